The number of hydrogen-bond donors (Lipinski definition) is 1. The Kier molecular flexibility index (Phi) is 6.27. The fourth-order valence-corrected chi connectivity index (χ4v) is 1.68. The molecular formula is C11H21N3O4. The molecule has 0 aromatic rings. The Morgan fingerprint density at radius 3 is 2.33 bits per heavy atom. The third kappa shape index (κ3) is 4.40. The van der Waals surface area contributed by atoms with E-state index in [4.69, 9.17) is 9.47 Å². The average molecular weight is 259 g/mol. The quantitative estimate of drug-likeness (QED) is 0.728. The largest absolute Gasteiger partial charge is 0.450 e. The van der Waals surface area contributed by atoms with E-state index in [1.165, 1.54) is 0 Å². The molecule has 1 saturated heterocycles. The molecule has 1 heterocycles. The topological polar surface area (TPSA) is 71.1 Å². The minimum atomic E-state index is -0.308. The molecule has 0 aromatic heterocycles. The summed E-state index contributed by atoms with van der Waals surface area (Å²) in [6.07, 6.45) is -0.308. The van der Waals surface area contributed by atoms with Crippen LogP contribution in [0.4, 0.5) is 9.59 Å². The number of amides is 3. The van der Waals surface area contributed by atoms with Gasteiger partial charge in [0.15, 0.2) is 0 Å². The number of nitrogens with zero attached hydrogens (tertiary/aromatic N) is 2. The van der Waals surface area contributed by atoms with Gasteiger partial charge in [0.05, 0.1) is 13.2 Å². The Balaban J connectivity index is 2.26. The van der Waals surface area contributed by atoms with Gasteiger partial charge in [0.2, 0.25) is 0 Å². The van der Waals surface area contributed by atoms with Crippen LogP contribution in [-0.4, -0.2) is 75.0 Å². The Bertz CT molecular complexity index is 277. The van der Waals surface area contributed by atoms with Crippen LogP contribution in [-0.2, 0) is 9.47 Å². The SMILES string of the molecule is CCOC(=O)N1CCN(C(=O)NCCOC)CC1. The molecule has 0 bridgehead atoms. The maximum Gasteiger partial charge on any atom is 0.409 e. The first-order valence-corrected chi connectivity index (χ1v) is 6.12. The predicted molar refractivity (Wildman–Crippen MR) is 65.4 cm³/mol. The number of piperazine rings is 1. The van der Waals surface area contributed by atoms with Crippen molar-refractivity contribution in [3.63, 3.8) is 0 Å². The third-order valence-corrected chi connectivity index (χ3v) is 2.68. The summed E-state index contributed by atoms with van der Waals surface area (Å²) >= 11 is 0. The van der Waals surface area contributed by atoms with Crippen molar-refractivity contribution in [2.45, 2.75) is 6.92 Å². The van der Waals surface area contributed by atoms with Gasteiger partial charge in [-0.3, -0.25) is 0 Å². The molecular weight excluding hydrogens is 238 g/mol. The molecule has 1 fully saturated rings. The van der Waals surface area contributed by atoms with Gasteiger partial charge in [0, 0.05) is 39.8 Å². The second-order valence-corrected chi connectivity index (χ2v) is 3.90. The highest BCUT2D eigenvalue weighted by Crippen LogP contribution is 2.03. The van der Waals surface area contributed by atoms with Crippen LogP contribution in [0.25, 0.3) is 0 Å². The van der Waals surface area contributed by atoms with Gasteiger partial charge in [0.1, 0.15) is 0 Å². The molecule has 0 aromatic carbocycles. The van der Waals surface area contributed by atoms with Gasteiger partial charge in [0.25, 0.3) is 0 Å². The van der Waals surface area contributed by atoms with Crippen LogP contribution < -0.4 is 5.32 Å². The summed E-state index contributed by atoms with van der Waals surface area (Å²) in [5.74, 6) is 0. The van der Waals surface area contributed by atoms with Crippen LogP contribution in [0.1, 0.15) is 6.92 Å². The normalized spacial score (nSPS) is 15.4. The van der Waals surface area contributed by atoms with E-state index < -0.39 is 0 Å². The highest BCUT2D eigenvalue weighted by Gasteiger charge is 2.24. The Hall–Kier alpha value is -1.50. The number of carbonyl (C=O) groups is 2. The van der Waals surface area contributed by atoms with Gasteiger partial charge < -0.3 is 24.6 Å². The molecule has 0 spiro atoms. The monoisotopic (exact) mass is 259 g/mol. The summed E-state index contributed by atoms with van der Waals surface area (Å²) in [5.41, 5.74) is 0. The summed E-state index contributed by atoms with van der Waals surface area (Å²) < 4.78 is 9.76. The maximum absolute atomic E-state index is 11.7. The molecule has 1 N–H and O–H groups in total. The summed E-state index contributed by atoms with van der Waals surface area (Å²) in [4.78, 5) is 26.5. The first-order valence-electron chi connectivity index (χ1n) is 6.12. The van der Waals surface area contributed by atoms with Crippen LogP contribution in [0.15, 0.2) is 0 Å². The second-order valence-electron chi connectivity index (χ2n) is 3.90. The minimum absolute atomic E-state index is 0.115. The number of ether oxygens (including phenoxy) is 2. The summed E-state index contributed by atoms with van der Waals surface area (Å²) in [6.45, 7) is 5.21. The molecule has 0 aliphatic carbocycles. The number of rotatable bonds is 4. The zero-order valence-corrected chi connectivity index (χ0v) is 11.0. The molecule has 1 rings (SSSR count). The van der Waals surface area contributed by atoms with E-state index in [9.17, 15) is 9.59 Å². The number of urea groups is 1. The van der Waals surface area contributed by atoms with Crippen LogP contribution >= 0.6 is 0 Å². The molecule has 0 radical (unpaired) electrons. The zero-order chi connectivity index (χ0) is 13.4. The van der Waals surface area contributed by atoms with Crippen molar-refractivity contribution < 1.29 is 19.1 Å². The highest BCUT2D eigenvalue weighted by molar-refractivity contribution is 5.75. The van der Waals surface area contributed by atoms with Gasteiger partial charge in [-0.1, -0.05) is 0 Å². The molecule has 18 heavy (non-hydrogen) atoms. The Morgan fingerprint density at radius 2 is 1.78 bits per heavy atom. The Labute approximate surface area is 107 Å². The van der Waals surface area contributed by atoms with Crippen LogP contribution in [0.5, 0.6) is 0 Å². The number of carbonyl (C=O) groups excluding carboxylic acids is 2. The molecule has 1 aliphatic rings. The van der Waals surface area contributed by atoms with E-state index in [2.05, 4.69) is 5.32 Å². The van der Waals surface area contributed by atoms with Crippen molar-refractivity contribution in [2.75, 3.05) is 53.0 Å². The standard InChI is InChI=1S/C11H21N3O4/c1-3-18-11(16)14-7-5-13(6-8-14)10(15)12-4-9-17-2/h3-9H2,1-2H3,(H,12,15). The molecule has 7 heteroatoms. The van der Waals surface area contributed by atoms with Crippen molar-refractivity contribution in [3.05, 3.63) is 0 Å². The molecule has 7 nitrogen and oxygen atoms in total. The molecule has 0 atom stereocenters. The van der Waals surface area contributed by atoms with Crippen molar-refractivity contribution >= 4 is 12.1 Å². The number of hydrogen-bond acceptors (Lipinski definition) is 4. The number of methoxy groups -OCH3 is 1. The van der Waals surface area contributed by atoms with E-state index in [0.717, 1.165) is 0 Å². The lowest BCUT2D eigenvalue weighted by Gasteiger charge is -2.33. The van der Waals surface area contributed by atoms with Crippen LogP contribution in [0.2, 0.25) is 0 Å². The molecule has 0 saturated carbocycles. The average Bonchev–Trinajstić information content (AvgIpc) is 2.39. The maximum atomic E-state index is 11.7. The van der Waals surface area contributed by atoms with E-state index >= 15 is 0 Å². The lowest BCUT2D eigenvalue weighted by atomic mass is 10.3. The lowest BCUT2D eigenvalue weighted by Crippen LogP contribution is -2.53. The fraction of sp³-hybridized carbons (Fsp3) is 0.818. The molecule has 104 valence electrons. The van der Waals surface area contributed by atoms with Crippen LogP contribution in [0.3, 0.4) is 0 Å². The van der Waals surface area contributed by atoms with Crippen molar-refractivity contribution in [1.82, 2.24) is 15.1 Å². The van der Waals surface area contributed by atoms with Crippen molar-refractivity contribution in [1.29, 1.82) is 0 Å². The summed E-state index contributed by atoms with van der Waals surface area (Å²) in [5, 5.41) is 2.75. The molecule has 3 amide bonds. The predicted octanol–water partition coefficient (Wildman–Crippen LogP) is 0.117. The highest BCUT2D eigenvalue weighted by atomic mass is 16.6. The van der Waals surface area contributed by atoms with E-state index in [1.807, 2.05) is 0 Å². The van der Waals surface area contributed by atoms with Gasteiger partial charge in [-0.15, -0.1) is 0 Å². The smallest absolute Gasteiger partial charge is 0.409 e. The fourth-order valence-electron chi connectivity index (χ4n) is 1.68. The Morgan fingerprint density at radius 1 is 1.17 bits per heavy atom. The van der Waals surface area contributed by atoms with Crippen molar-refractivity contribution in [3.8, 4) is 0 Å². The van der Waals surface area contributed by atoms with Gasteiger partial charge in [-0.2, -0.15) is 0 Å². The first kappa shape index (κ1) is 14.6. The van der Waals surface area contributed by atoms with E-state index in [1.54, 1.807) is 23.8 Å². The van der Waals surface area contributed by atoms with E-state index in [0.29, 0.717) is 45.9 Å². The summed E-state index contributed by atoms with van der Waals surface area (Å²) in [6, 6.07) is -0.115. The van der Waals surface area contributed by atoms with E-state index in [-0.39, 0.29) is 12.1 Å². The number of nitrogens with one attached hydrogen (secondary N) is 1. The van der Waals surface area contributed by atoms with Gasteiger partial charge >= 0.3 is 12.1 Å². The first-order chi connectivity index (χ1) is 8.69. The van der Waals surface area contributed by atoms with Crippen molar-refractivity contribution in [2.24, 2.45) is 0 Å². The molecule has 1 aliphatic heterocycles. The minimum Gasteiger partial charge on any atom is -0.450 e. The van der Waals surface area contributed by atoms with Gasteiger partial charge in [-0.25, -0.2) is 9.59 Å². The zero-order valence-electron chi connectivity index (χ0n) is 11.0. The van der Waals surface area contributed by atoms with Gasteiger partial charge in [-0.05, 0) is 6.92 Å². The summed E-state index contributed by atoms with van der Waals surface area (Å²) in [7, 11) is 1.59. The third-order valence-electron chi connectivity index (χ3n) is 2.68. The second kappa shape index (κ2) is 7.75. The lowest BCUT2D eigenvalue weighted by molar-refractivity contribution is 0.0848. The molecule has 0 unspecified atom stereocenters. The van der Waals surface area contributed by atoms with Crippen LogP contribution in [0, 0.1) is 0 Å².